The third-order valence-corrected chi connectivity index (χ3v) is 0.333. The van der Waals surface area contributed by atoms with Crippen LogP contribution in [0, 0.1) is 0 Å². The number of carbonyl (C=O) groups is 4. The van der Waals surface area contributed by atoms with Gasteiger partial charge in [-0.15, -0.1) is 0 Å². The Labute approximate surface area is 132 Å². The molecule has 10 heteroatoms. The Morgan fingerprint density at radius 3 is 0.643 bits per heavy atom. The van der Waals surface area contributed by atoms with Crippen molar-refractivity contribution in [1.82, 2.24) is 0 Å². The molecule has 14 heavy (non-hydrogen) atoms. The molecular weight excluding hydrogens is 316 g/mol. The molecule has 0 spiro atoms. The van der Waals surface area contributed by atoms with Gasteiger partial charge in [0.2, 0.25) is 0 Å². The van der Waals surface area contributed by atoms with E-state index in [0.29, 0.717) is 0 Å². The van der Waals surface area contributed by atoms with Crippen molar-refractivity contribution in [1.29, 1.82) is 0 Å². The van der Waals surface area contributed by atoms with Gasteiger partial charge in [0.25, 0.3) is 0 Å². The average molecular weight is 316 g/mol. The Morgan fingerprint density at radius 2 is 0.643 bits per heavy atom. The maximum atomic E-state index is 8.93. The van der Waals surface area contributed by atoms with Gasteiger partial charge in [0.1, 0.15) is 0 Å². The summed E-state index contributed by atoms with van der Waals surface area (Å²) in [5, 5.41) is 35.7. The van der Waals surface area contributed by atoms with E-state index in [-0.39, 0.29) is 70.9 Å². The maximum Gasteiger partial charge on any atom is 3.00 e. The number of carbonyl (C=O) groups excluding carboxylic acids is 4. The summed E-state index contributed by atoms with van der Waals surface area (Å²) in [6.07, 6.45) is 0. The van der Waals surface area contributed by atoms with E-state index in [1.165, 1.54) is 0 Å². The standard InChI is InChI=1S/2C2H2O4.K.Ru/c2*3-1(4)2(5)6;;/h2*(H,3,4)(H,5,6);;/q;;+1;+3/p-4. The molecule has 0 N–H and O–H groups in total. The van der Waals surface area contributed by atoms with E-state index < -0.39 is 23.9 Å². The molecule has 0 aliphatic carbocycles. The summed E-state index contributed by atoms with van der Waals surface area (Å²) in [5.74, 6) is -8.74. The Morgan fingerprint density at radius 1 is 0.571 bits per heavy atom. The van der Waals surface area contributed by atoms with Gasteiger partial charge in [-0.1, -0.05) is 0 Å². The predicted molar refractivity (Wildman–Crippen MR) is 20.0 cm³/mol. The molecule has 0 aromatic carbocycles. The van der Waals surface area contributed by atoms with Crippen LogP contribution in [0.4, 0.5) is 0 Å². The first-order valence-electron chi connectivity index (χ1n) is 2.13. The summed E-state index contributed by atoms with van der Waals surface area (Å²) in [7, 11) is 0. The quantitative estimate of drug-likeness (QED) is 0.314. The summed E-state index contributed by atoms with van der Waals surface area (Å²) in [6, 6.07) is 0. The van der Waals surface area contributed by atoms with Crippen LogP contribution >= 0.6 is 0 Å². The molecule has 0 aliphatic rings. The van der Waals surface area contributed by atoms with Crippen LogP contribution in [0.15, 0.2) is 0 Å². The van der Waals surface area contributed by atoms with Crippen molar-refractivity contribution in [3.05, 3.63) is 0 Å². The number of hydrogen-bond acceptors (Lipinski definition) is 8. The molecule has 0 aromatic rings. The Bertz CT molecular complexity index is 177. The van der Waals surface area contributed by atoms with Gasteiger partial charge in [-0.3, -0.25) is 0 Å². The Balaban J connectivity index is -0.0000000625. The van der Waals surface area contributed by atoms with Gasteiger partial charge in [-0.2, -0.15) is 0 Å². The monoisotopic (exact) mass is 317 g/mol. The smallest absolute Gasteiger partial charge is 0.543 e. The zero-order chi connectivity index (χ0) is 10.3. The van der Waals surface area contributed by atoms with Crippen LogP contribution in [-0.4, -0.2) is 23.9 Å². The molecular formula is C4KO8Ru. The third-order valence-electron chi connectivity index (χ3n) is 0.333. The average Bonchev–Trinajstić information content (AvgIpc) is 1.88. The van der Waals surface area contributed by atoms with Crippen LogP contribution in [0.25, 0.3) is 0 Å². The molecule has 0 heterocycles. The third kappa shape index (κ3) is 22.7. The molecule has 8 nitrogen and oxygen atoms in total. The largest absolute Gasteiger partial charge is 3.00 e. The van der Waals surface area contributed by atoms with Gasteiger partial charge >= 0.3 is 70.9 Å². The van der Waals surface area contributed by atoms with Crippen LogP contribution < -0.4 is 71.8 Å². The molecule has 0 atom stereocenters. The second-order valence-corrected chi connectivity index (χ2v) is 1.15. The van der Waals surface area contributed by atoms with Crippen LogP contribution in [0.1, 0.15) is 0 Å². The fourth-order valence-electron chi connectivity index (χ4n) is 0. The molecule has 0 bridgehead atoms. The van der Waals surface area contributed by atoms with Crippen LogP contribution in [0.2, 0.25) is 0 Å². The minimum absolute atomic E-state index is 0. The summed E-state index contributed by atoms with van der Waals surface area (Å²) in [4.78, 5) is 35.7. The SMILES string of the molecule is O=C([O-])C(=O)[O-].O=C([O-])C(=O)[O-].[K+].[Ru+3]. The molecule has 0 unspecified atom stereocenters. The molecule has 0 aromatic heterocycles. The fraction of sp³-hybridized carbons (Fsp3) is 0. The fourth-order valence-corrected chi connectivity index (χ4v) is 0. The topological polar surface area (TPSA) is 161 Å². The molecule has 0 saturated heterocycles. The van der Waals surface area contributed by atoms with Gasteiger partial charge in [0, 0.05) is 0 Å². The number of carboxylic acids is 4. The molecule has 1 radical (unpaired) electrons. The van der Waals surface area contributed by atoms with Crippen LogP contribution in [0.3, 0.4) is 0 Å². The number of rotatable bonds is 0. The Kier molecular flexibility index (Phi) is 22.3. The molecule has 0 rings (SSSR count). The van der Waals surface area contributed by atoms with E-state index in [0.717, 1.165) is 0 Å². The summed E-state index contributed by atoms with van der Waals surface area (Å²) >= 11 is 0. The maximum absolute atomic E-state index is 8.93. The molecule has 73 valence electrons. The molecule has 0 saturated carbocycles. The normalized spacial score (nSPS) is 6.29. The first-order chi connectivity index (χ1) is 5.29. The van der Waals surface area contributed by atoms with E-state index in [1.807, 2.05) is 0 Å². The van der Waals surface area contributed by atoms with Crippen molar-refractivity contribution in [2.75, 3.05) is 0 Å². The predicted octanol–water partition coefficient (Wildman–Crippen LogP) is -10.0. The van der Waals surface area contributed by atoms with Crippen LogP contribution in [0.5, 0.6) is 0 Å². The zero-order valence-corrected chi connectivity index (χ0v) is 11.5. The van der Waals surface area contributed by atoms with E-state index in [2.05, 4.69) is 0 Å². The van der Waals surface area contributed by atoms with Crippen molar-refractivity contribution >= 4 is 23.9 Å². The van der Waals surface area contributed by atoms with Crippen LogP contribution in [-0.2, 0) is 38.7 Å². The van der Waals surface area contributed by atoms with E-state index in [1.54, 1.807) is 0 Å². The summed E-state index contributed by atoms with van der Waals surface area (Å²) in [6.45, 7) is 0. The minimum Gasteiger partial charge on any atom is -0.543 e. The number of hydrogen-bond donors (Lipinski definition) is 0. The first-order valence-corrected chi connectivity index (χ1v) is 2.13. The zero-order valence-electron chi connectivity index (χ0n) is 6.62. The van der Waals surface area contributed by atoms with Gasteiger partial charge in [-0.05, 0) is 0 Å². The van der Waals surface area contributed by atoms with E-state index in [9.17, 15) is 0 Å². The summed E-state index contributed by atoms with van der Waals surface area (Å²) in [5.41, 5.74) is 0. The van der Waals surface area contributed by atoms with Crippen molar-refractivity contribution < 1.29 is 110 Å². The van der Waals surface area contributed by atoms with Crippen molar-refractivity contribution in [2.24, 2.45) is 0 Å². The second-order valence-electron chi connectivity index (χ2n) is 1.15. The van der Waals surface area contributed by atoms with E-state index in [4.69, 9.17) is 39.6 Å². The van der Waals surface area contributed by atoms with E-state index >= 15 is 0 Å². The summed E-state index contributed by atoms with van der Waals surface area (Å²) < 4.78 is 0. The first kappa shape index (κ1) is 23.7. The second kappa shape index (κ2) is 13.1. The molecule has 0 fully saturated rings. The molecule has 0 amide bonds. The van der Waals surface area contributed by atoms with Crippen molar-refractivity contribution in [3.63, 3.8) is 0 Å². The number of aliphatic carboxylic acids is 4. The van der Waals surface area contributed by atoms with Gasteiger partial charge in [0.15, 0.2) is 0 Å². The minimum atomic E-state index is -2.19. The van der Waals surface area contributed by atoms with Crippen molar-refractivity contribution in [3.8, 4) is 0 Å². The van der Waals surface area contributed by atoms with Gasteiger partial charge in [-0.25, -0.2) is 0 Å². The van der Waals surface area contributed by atoms with Gasteiger partial charge in [0.05, 0.1) is 23.9 Å². The van der Waals surface area contributed by atoms with Gasteiger partial charge < -0.3 is 39.6 Å². The van der Waals surface area contributed by atoms with Crippen molar-refractivity contribution in [2.45, 2.75) is 0 Å². The number of carboxylic acid groups (broad SMARTS) is 4. The Hall–Kier alpha value is 0.140. The molecule has 0 aliphatic heterocycles.